The van der Waals surface area contributed by atoms with Gasteiger partial charge in [-0.05, 0) is 49.2 Å². The van der Waals surface area contributed by atoms with Gasteiger partial charge in [0, 0.05) is 29.8 Å². The second-order valence-electron chi connectivity index (χ2n) is 7.68. The highest BCUT2D eigenvalue weighted by Crippen LogP contribution is 2.19. The monoisotopic (exact) mass is 454 g/mol. The molecule has 1 aliphatic rings. The van der Waals surface area contributed by atoms with Gasteiger partial charge in [-0.1, -0.05) is 6.07 Å². The lowest BCUT2D eigenvalue weighted by Gasteiger charge is -2.17. The summed E-state index contributed by atoms with van der Waals surface area (Å²) in [6.45, 7) is 3.17. The van der Waals surface area contributed by atoms with Crippen molar-refractivity contribution >= 4 is 35.1 Å². The van der Waals surface area contributed by atoms with Crippen molar-refractivity contribution in [2.45, 2.75) is 20.3 Å². The van der Waals surface area contributed by atoms with Crippen LogP contribution < -0.4 is 10.7 Å². The molecule has 0 aliphatic carbocycles. The predicted molar refractivity (Wildman–Crippen MR) is 116 cm³/mol. The van der Waals surface area contributed by atoms with E-state index in [9.17, 15) is 29.3 Å². The van der Waals surface area contributed by atoms with E-state index in [1.165, 1.54) is 24.3 Å². The molecule has 11 heteroatoms. The summed E-state index contributed by atoms with van der Waals surface area (Å²) in [6.07, 6.45) is -0.182. The van der Waals surface area contributed by atoms with Gasteiger partial charge in [-0.25, -0.2) is 0 Å². The van der Waals surface area contributed by atoms with E-state index in [0.717, 1.165) is 16.1 Å². The van der Waals surface area contributed by atoms with E-state index in [-0.39, 0.29) is 24.2 Å². The number of nitro groups is 1. The Morgan fingerprint density at radius 2 is 1.76 bits per heavy atom. The van der Waals surface area contributed by atoms with Crippen molar-refractivity contribution in [1.29, 1.82) is 0 Å². The van der Waals surface area contributed by atoms with Crippen molar-refractivity contribution in [3.63, 3.8) is 0 Å². The van der Waals surface area contributed by atoms with Crippen LogP contribution in [0.1, 0.15) is 27.9 Å². The van der Waals surface area contributed by atoms with Crippen LogP contribution in [0.2, 0.25) is 0 Å². The normalized spacial score (nSPS) is 15.2. The third-order valence-corrected chi connectivity index (χ3v) is 4.89. The van der Waals surface area contributed by atoms with Gasteiger partial charge >= 0.3 is 5.97 Å². The fourth-order valence-corrected chi connectivity index (χ4v) is 3.39. The minimum atomic E-state index is -0.844. The first-order valence-electron chi connectivity index (χ1n) is 10.0. The fourth-order valence-electron chi connectivity index (χ4n) is 3.39. The number of carbonyl (C=O) groups is 4. The number of benzene rings is 2. The molecule has 33 heavy (non-hydrogen) atoms. The summed E-state index contributed by atoms with van der Waals surface area (Å²) >= 11 is 0. The number of hydrogen-bond acceptors (Lipinski definition) is 7. The number of anilines is 1. The zero-order chi connectivity index (χ0) is 24.1. The van der Waals surface area contributed by atoms with E-state index in [4.69, 9.17) is 4.74 Å². The van der Waals surface area contributed by atoms with Crippen molar-refractivity contribution in [2.75, 3.05) is 18.5 Å². The molecule has 1 saturated heterocycles. The fraction of sp³-hybridized carbons (Fsp3) is 0.273. The maximum atomic E-state index is 12.3. The molecule has 1 atom stereocenters. The summed E-state index contributed by atoms with van der Waals surface area (Å²) in [5, 5.41) is 14.3. The molecule has 2 aromatic rings. The Morgan fingerprint density at radius 1 is 1.12 bits per heavy atom. The van der Waals surface area contributed by atoms with Crippen molar-refractivity contribution in [2.24, 2.45) is 5.92 Å². The number of ether oxygens (including phenoxy) is 1. The van der Waals surface area contributed by atoms with Crippen LogP contribution in [-0.2, 0) is 19.1 Å². The van der Waals surface area contributed by atoms with Crippen LogP contribution in [0.5, 0.6) is 0 Å². The highest BCUT2D eigenvalue weighted by atomic mass is 16.6. The zero-order valence-electron chi connectivity index (χ0n) is 18.0. The molecule has 2 N–H and O–H groups in total. The highest BCUT2D eigenvalue weighted by molar-refractivity contribution is 5.97. The molecule has 11 nitrogen and oxygen atoms in total. The van der Waals surface area contributed by atoms with E-state index in [1.807, 2.05) is 19.9 Å². The second kappa shape index (κ2) is 9.90. The smallest absolute Gasteiger partial charge is 0.311 e. The molecule has 0 aromatic heterocycles. The number of non-ortho nitro benzene ring substituents is 1. The molecule has 0 saturated carbocycles. The number of rotatable bonds is 7. The lowest BCUT2D eigenvalue weighted by Crippen LogP contribution is -2.43. The van der Waals surface area contributed by atoms with Crippen LogP contribution in [0.15, 0.2) is 42.5 Å². The van der Waals surface area contributed by atoms with Gasteiger partial charge < -0.3 is 10.1 Å². The van der Waals surface area contributed by atoms with Gasteiger partial charge in [-0.15, -0.1) is 0 Å². The SMILES string of the molecule is Cc1cc(C)cc(NC(=O)COC(=O)[C@@H]2CC(=O)N(NC(=O)c3ccc([N+](=O)[O-])cc3)C2)c1. The molecule has 3 rings (SSSR count). The van der Waals surface area contributed by atoms with Crippen LogP contribution in [0.3, 0.4) is 0 Å². The van der Waals surface area contributed by atoms with Gasteiger partial charge in [0.1, 0.15) is 0 Å². The lowest BCUT2D eigenvalue weighted by atomic mass is 10.1. The predicted octanol–water partition coefficient (Wildman–Crippen LogP) is 1.89. The Balaban J connectivity index is 1.49. The van der Waals surface area contributed by atoms with Gasteiger partial charge in [0.05, 0.1) is 17.4 Å². The van der Waals surface area contributed by atoms with Gasteiger partial charge in [-0.3, -0.25) is 39.7 Å². The molecule has 1 fully saturated rings. The number of nitrogens with one attached hydrogen (secondary N) is 2. The van der Waals surface area contributed by atoms with Crippen molar-refractivity contribution in [1.82, 2.24) is 10.4 Å². The third kappa shape index (κ3) is 6.12. The van der Waals surface area contributed by atoms with Crippen LogP contribution in [-0.4, -0.2) is 46.8 Å². The molecule has 0 spiro atoms. The minimum absolute atomic E-state index is 0.113. The number of hydrazine groups is 1. The standard InChI is InChI=1S/C22H22N4O7/c1-13-7-14(2)9-17(8-13)23-19(27)12-33-22(30)16-10-20(28)25(11-16)24-21(29)15-3-5-18(6-4-15)26(31)32/h3-9,16H,10-12H2,1-2H3,(H,23,27)(H,24,29)/t16-/m1/s1. The first kappa shape index (κ1) is 23.4. The summed E-state index contributed by atoms with van der Waals surface area (Å²) in [5.74, 6) is -3.23. The summed E-state index contributed by atoms with van der Waals surface area (Å²) in [4.78, 5) is 59.0. The molecule has 0 unspecified atom stereocenters. The second-order valence-corrected chi connectivity index (χ2v) is 7.68. The van der Waals surface area contributed by atoms with Crippen LogP contribution in [0.25, 0.3) is 0 Å². The largest absolute Gasteiger partial charge is 0.455 e. The number of nitro benzene ring substituents is 1. The van der Waals surface area contributed by atoms with E-state index in [1.54, 1.807) is 12.1 Å². The maximum Gasteiger partial charge on any atom is 0.311 e. The molecule has 1 aliphatic heterocycles. The molecule has 172 valence electrons. The molecular weight excluding hydrogens is 432 g/mol. The topological polar surface area (TPSA) is 148 Å². The van der Waals surface area contributed by atoms with Gasteiger partial charge in [0.2, 0.25) is 5.91 Å². The lowest BCUT2D eigenvalue weighted by molar-refractivity contribution is -0.384. The van der Waals surface area contributed by atoms with Crippen molar-refractivity contribution in [3.8, 4) is 0 Å². The summed E-state index contributed by atoms with van der Waals surface area (Å²) in [5.41, 5.74) is 4.85. The van der Waals surface area contributed by atoms with E-state index >= 15 is 0 Å². The average Bonchev–Trinajstić information content (AvgIpc) is 3.11. The maximum absolute atomic E-state index is 12.3. The number of aryl methyl sites for hydroxylation is 2. The van der Waals surface area contributed by atoms with E-state index in [2.05, 4.69) is 10.7 Å². The first-order valence-corrected chi connectivity index (χ1v) is 10.0. The van der Waals surface area contributed by atoms with Crippen LogP contribution >= 0.6 is 0 Å². The Kier molecular flexibility index (Phi) is 7.01. The first-order chi connectivity index (χ1) is 15.6. The number of hydrogen-bond donors (Lipinski definition) is 2. The third-order valence-electron chi connectivity index (χ3n) is 4.89. The molecule has 1 heterocycles. The van der Waals surface area contributed by atoms with Crippen LogP contribution in [0.4, 0.5) is 11.4 Å². The molecule has 0 radical (unpaired) electrons. The quantitative estimate of drug-likeness (QED) is 0.369. The number of amides is 3. The van der Waals surface area contributed by atoms with E-state index < -0.39 is 41.1 Å². The summed E-state index contributed by atoms with van der Waals surface area (Å²) in [7, 11) is 0. The minimum Gasteiger partial charge on any atom is -0.455 e. The number of carbonyl (C=O) groups excluding carboxylic acids is 4. The van der Waals surface area contributed by atoms with Crippen molar-refractivity contribution in [3.05, 3.63) is 69.3 Å². The zero-order valence-corrected chi connectivity index (χ0v) is 18.0. The molecule has 3 amide bonds. The number of nitrogens with zero attached hydrogens (tertiary/aromatic N) is 2. The summed E-state index contributed by atoms with van der Waals surface area (Å²) < 4.78 is 5.04. The molecular formula is C22H22N4O7. The van der Waals surface area contributed by atoms with E-state index in [0.29, 0.717) is 5.69 Å². The average molecular weight is 454 g/mol. The highest BCUT2D eigenvalue weighted by Gasteiger charge is 2.36. The van der Waals surface area contributed by atoms with Gasteiger partial charge in [0.15, 0.2) is 6.61 Å². The van der Waals surface area contributed by atoms with Crippen LogP contribution in [0, 0.1) is 29.9 Å². The molecule has 2 aromatic carbocycles. The Labute approximate surface area is 188 Å². The Hall–Kier alpha value is -4.28. The summed E-state index contributed by atoms with van der Waals surface area (Å²) in [6, 6.07) is 10.4. The van der Waals surface area contributed by atoms with Gasteiger partial charge in [0.25, 0.3) is 17.5 Å². The van der Waals surface area contributed by atoms with Crippen molar-refractivity contribution < 1.29 is 28.8 Å². The van der Waals surface area contributed by atoms with Gasteiger partial charge in [-0.2, -0.15) is 0 Å². The molecule has 0 bridgehead atoms. The Bertz CT molecular complexity index is 1090. The Morgan fingerprint density at radius 3 is 2.36 bits per heavy atom. The number of esters is 1.